The maximum Gasteiger partial charge on any atom is 0.188 e. The normalized spacial score (nSPS) is 24.6. The fourth-order valence-corrected chi connectivity index (χ4v) is 3.77. The summed E-state index contributed by atoms with van der Waals surface area (Å²) >= 11 is 0. The van der Waals surface area contributed by atoms with Crippen LogP contribution in [0.3, 0.4) is 0 Å². The molecule has 2 rings (SSSR count). The Morgan fingerprint density at radius 3 is 2.52 bits per heavy atom. The molecule has 0 aromatic rings. The molecule has 0 amide bonds. The molecular weight excluding hydrogens is 401 g/mol. The fraction of sp³-hybridized carbons (Fsp3) is 0.941. The average Bonchev–Trinajstić information content (AvgIpc) is 3.01. The number of likely N-dealkylation sites (tertiary alicyclic amines) is 2. The number of likely N-dealkylation sites (N-methyl/N-ethyl adjacent to an activating group) is 1. The minimum Gasteiger partial charge on any atom is -0.370 e. The summed E-state index contributed by atoms with van der Waals surface area (Å²) in [5.41, 5.74) is 6.01. The van der Waals surface area contributed by atoms with Crippen molar-refractivity contribution in [2.75, 3.05) is 45.8 Å². The highest BCUT2D eigenvalue weighted by atomic mass is 127. The summed E-state index contributed by atoms with van der Waals surface area (Å²) in [6, 6.07) is 0.601. The topological polar surface area (TPSA) is 56.9 Å². The Bertz CT molecular complexity index is 342. The summed E-state index contributed by atoms with van der Waals surface area (Å²) in [4.78, 5) is 9.60. The Morgan fingerprint density at radius 2 is 1.87 bits per heavy atom. The Labute approximate surface area is 159 Å². The van der Waals surface area contributed by atoms with Crippen LogP contribution in [0.15, 0.2) is 4.99 Å². The van der Waals surface area contributed by atoms with Crippen molar-refractivity contribution in [1.29, 1.82) is 0 Å². The third kappa shape index (κ3) is 7.13. The summed E-state index contributed by atoms with van der Waals surface area (Å²) in [5, 5.41) is 3.31. The molecular formula is C17H36IN5. The van der Waals surface area contributed by atoms with Crippen LogP contribution in [0.2, 0.25) is 0 Å². The highest BCUT2D eigenvalue weighted by molar-refractivity contribution is 14.0. The second-order valence-corrected chi connectivity index (χ2v) is 6.74. The lowest BCUT2D eigenvalue weighted by Crippen LogP contribution is -2.38. The molecule has 23 heavy (non-hydrogen) atoms. The van der Waals surface area contributed by atoms with Crippen LogP contribution in [0, 0.1) is 5.92 Å². The van der Waals surface area contributed by atoms with Gasteiger partial charge in [0.25, 0.3) is 0 Å². The monoisotopic (exact) mass is 437 g/mol. The van der Waals surface area contributed by atoms with Gasteiger partial charge in [-0.15, -0.1) is 24.0 Å². The van der Waals surface area contributed by atoms with Crippen molar-refractivity contribution in [1.82, 2.24) is 15.1 Å². The van der Waals surface area contributed by atoms with E-state index in [1.807, 2.05) is 0 Å². The Morgan fingerprint density at radius 1 is 1.13 bits per heavy atom. The Hall–Kier alpha value is -0.0800. The first-order chi connectivity index (χ1) is 10.7. The average molecular weight is 437 g/mol. The molecule has 6 heteroatoms. The van der Waals surface area contributed by atoms with E-state index in [9.17, 15) is 0 Å². The lowest BCUT2D eigenvalue weighted by molar-refractivity contribution is 0.187. The van der Waals surface area contributed by atoms with Crippen molar-refractivity contribution in [2.45, 2.75) is 52.0 Å². The van der Waals surface area contributed by atoms with Gasteiger partial charge in [0.05, 0.1) is 6.54 Å². The van der Waals surface area contributed by atoms with Crippen molar-refractivity contribution in [3.05, 3.63) is 0 Å². The first-order valence-electron chi connectivity index (χ1n) is 9.23. The van der Waals surface area contributed by atoms with Crippen LogP contribution in [0.1, 0.15) is 46.0 Å². The summed E-state index contributed by atoms with van der Waals surface area (Å²) in [6.45, 7) is 12.4. The van der Waals surface area contributed by atoms with Crippen LogP contribution in [-0.4, -0.2) is 67.6 Å². The smallest absolute Gasteiger partial charge is 0.188 e. The lowest BCUT2D eigenvalue weighted by Gasteiger charge is -2.31. The fourth-order valence-electron chi connectivity index (χ4n) is 3.77. The molecule has 136 valence electrons. The number of rotatable bonds is 7. The highest BCUT2D eigenvalue weighted by Gasteiger charge is 2.22. The van der Waals surface area contributed by atoms with Crippen LogP contribution in [-0.2, 0) is 0 Å². The van der Waals surface area contributed by atoms with E-state index in [4.69, 9.17) is 5.73 Å². The maximum atomic E-state index is 6.01. The third-order valence-electron chi connectivity index (χ3n) is 5.39. The number of aliphatic imine (C=N–C) groups is 1. The first-order valence-corrected chi connectivity index (χ1v) is 9.23. The van der Waals surface area contributed by atoms with E-state index in [1.54, 1.807) is 0 Å². The summed E-state index contributed by atoms with van der Waals surface area (Å²) < 4.78 is 0. The van der Waals surface area contributed by atoms with Gasteiger partial charge in [0.15, 0.2) is 5.96 Å². The van der Waals surface area contributed by atoms with Gasteiger partial charge in [0, 0.05) is 12.6 Å². The molecule has 0 spiro atoms. The summed E-state index contributed by atoms with van der Waals surface area (Å²) in [6.07, 6.45) is 6.46. The van der Waals surface area contributed by atoms with Crippen LogP contribution in [0.5, 0.6) is 0 Å². The van der Waals surface area contributed by atoms with Crippen LogP contribution >= 0.6 is 24.0 Å². The van der Waals surface area contributed by atoms with Gasteiger partial charge in [-0.3, -0.25) is 9.89 Å². The molecule has 0 radical (unpaired) electrons. The van der Waals surface area contributed by atoms with Gasteiger partial charge in [-0.1, -0.05) is 13.8 Å². The van der Waals surface area contributed by atoms with E-state index in [-0.39, 0.29) is 24.0 Å². The predicted molar refractivity (Wildman–Crippen MR) is 110 cm³/mol. The standard InChI is InChI=1S/C17H35N5.HI/c1-3-21-12-8-15(9-13-21)7-10-19-17(18)20-14-16-6-5-11-22(16)4-2;/h15-16H,3-14H2,1-2H3,(H3,18,19,20);1H. The second kappa shape index (κ2) is 11.5. The summed E-state index contributed by atoms with van der Waals surface area (Å²) in [5.74, 6) is 1.49. The number of nitrogens with one attached hydrogen (secondary N) is 1. The molecule has 3 N–H and O–H groups in total. The van der Waals surface area contributed by atoms with Gasteiger partial charge in [0.1, 0.15) is 0 Å². The van der Waals surface area contributed by atoms with Gasteiger partial charge in [0.2, 0.25) is 0 Å². The molecule has 5 nitrogen and oxygen atoms in total. The maximum absolute atomic E-state index is 6.01. The van der Waals surface area contributed by atoms with Crippen LogP contribution in [0.4, 0.5) is 0 Å². The van der Waals surface area contributed by atoms with E-state index in [0.29, 0.717) is 12.0 Å². The summed E-state index contributed by atoms with van der Waals surface area (Å²) in [7, 11) is 0. The predicted octanol–water partition coefficient (Wildman–Crippen LogP) is 2.12. The number of hydrogen-bond acceptors (Lipinski definition) is 3. The molecule has 0 saturated carbocycles. The van der Waals surface area contributed by atoms with Crippen molar-refractivity contribution in [3.8, 4) is 0 Å². The Kier molecular flexibility index (Phi) is 10.5. The second-order valence-electron chi connectivity index (χ2n) is 6.74. The van der Waals surface area contributed by atoms with Crippen LogP contribution in [0.25, 0.3) is 0 Å². The number of guanidine groups is 1. The number of nitrogens with zero attached hydrogens (tertiary/aromatic N) is 3. The molecule has 1 atom stereocenters. The van der Waals surface area contributed by atoms with E-state index in [2.05, 4.69) is 34.0 Å². The number of hydrogen-bond donors (Lipinski definition) is 2. The minimum atomic E-state index is 0. The van der Waals surface area contributed by atoms with E-state index in [0.717, 1.165) is 25.6 Å². The molecule has 0 aliphatic carbocycles. The zero-order chi connectivity index (χ0) is 15.8. The first kappa shape index (κ1) is 21.0. The van der Waals surface area contributed by atoms with Crippen molar-refractivity contribution in [2.24, 2.45) is 16.6 Å². The number of halogens is 1. The lowest BCUT2D eigenvalue weighted by atomic mass is 9.93. The third-order valence-corrected chi connectivity index (χ3v) is 5.39. The number of nitrogens with two attached hydrogens (primary N) is 1. The molecule has 1 unspecified atom stereocenters. The molecule has 2 fully saturated rings. The van der Waals surface area contributed by atoms with Gasteiger partial charge in [-0.05, 0) is 70.7 Å². The number of piperidine rings is 1. The van der Waals surface area contributed by atoms with E-state index in [1.165, 1.54) is 58.3 Å². The minimum absolute atomic E-state index is 0. The molecule has 2 heterocycles. The van der Waals surface area contributed by atoms with Crippen molar-refractivity contribution in [3.63, 3.8) is 0 Å². The molecule has 0 aromatic heterocycles. The van der Waals surface area contributed by atoms with Gasteiger partial charge >= 0.3 is 0 Å². The van der Waals surface area contributed by atoms with Gasteiger partial charge in [-0.2, -0.15) is 0 Å². The van der Waals surface area contributed by atoms with E-state index >= 15 is 0 Å². The SMILES string of the molecule is CCN1CCC(CCNC(N)=NCC2CCCN2CC)CC1.I. The molecule has 2 saturated heterocycles. The van der Waals surface area contributed by atoms with Gasteiger partial charge in [-0.25, -0.2) is 0 Å². The molecule has 0 bridgehead atoms. The zero-order valence-electron chi connectivity index (χ0n) is 15.0. The van der Waals surface area contributed by atoms with E-state index < -0.39 is 0 Å². The quantitative estimate of drug-likeness (QED) is 0.364. The van der Waals surface area contributed by atoms with Crippen molar-refractivity contribution >= 4 is 29.9 Å². The zero-order valence-corrected chi connectivity index (χ0v) is 17.3. The molecule has 2 aliphatic heterocycles. The van der Waals surface area contributed by atoms with Crippen LogP contribution < -0.4 is 11.1 Å². The largest absolute Gasteiger partial charge is 0.370 e. The molecule has 0 aromatic carbocycles. The van der Waals surface area contributed by atoms with Crippen molar-refractivity contribution < 1.29 is 0 Å². The Balaban J connectivity index is 0.00000264. The van der Waals surface area contributed by atoms with Gasteiger partial charge < -0.3 is 16.0 Å². The molecule has 2 aliphatic rings. The highest BCUT2D eigenvalue weighted by Crippen LogP contribution is 2.19.